The van der Waals surface area contributed by atoms with E-state index in [0.29, 0.717) is 6.42 Å². The molecule has 0 aromatic carbocycles. The maximum Gasteiger partial charge on any atom is 0.306 e. The first-order valence-electron chi connectivity index (χ1n) is 7.17. The minimum Gasteiger partial charge on any atom is -0.462 e. The molecule has 0 spiro atoms. The van der Waals surface area contributed by atoms with E-state index in [0.717, 1.165) is 19.3 Å². The van der Waals surface area contributed by atoms with Crippen molar-refractivity contribution in [2.24, 2.45) is 0 Å². The van der Waals surface area contributed by atoms with Crippen LogP contribution in [0, 0.1) is 0 Å². The number of unbranched alkanes of at least 4 members (excludes halogenated alkanes) is 5. The second kappa shape index (κ2) is 9.26. The van der Waals surface area contributed by atoms with Gasteiger partial charge >= 0.3 is 5.97 Å². The fourth-order valence-electron chi connectivity index (χ4n) is 2.23. The minimum atomic E-state index is -0.00212. The molecule has 1 unspecified atom stereocenters. The molecule has 2 nitrogen and oxygen atoms in total. The summed E-state index contributed by atoms with van der Waals surface area (Å²) in [5.74, 6) is -0.00212. The van der Waals surface area contributed by atoms with Crippen LogP contribution in [0.15, 0.2) is 12.2 Å². The fourth-order valence-corrected chi connectivity index (χ4v) is 2.23. The Balaban J connectivity index is 1.81. The van der Waals surface area contributed by atoms with Crippen molar-refractivity contribution in [2.45, 2.75) is 77.2 Å². The molecule has 1 aliphatic heterocycles. The summed E-state index contributed by atoms with van der Waals surface area (Å²) in [4.78, 5) is 10.9. The zero-order valence-corrected chi connectivity index (χ0v) is 11.1. The summed E-state index contributed by atoms with van der Waals surface area (Å²) >= 11 is 0. The minimum absolute atomic E-state index is 0.00212. The smallest absolute Gasteiger partial charge is 0.306 e. The van der Waals surface area contributed by atoms with Crippen molar-refractivity contribution in [1.82, 2.24) is 0 Å². The Morgan fingerprint density at radius 2 is 1.94 bits per heavy atom. The number of ether oxygens (including phenoxy) is 1. The van der Waals surface area contributed by atoms with Crippen LogP contribution in [-0.2, 0) is 9.53 Å². The zero-order chi connectivity index (χ0) is 12.3. The van der Waals surface area contributed by atoms with E-state index in [2.05, 4.69) is 19.1 Å². The lowest BCUT2D eigenvalue weighted by molar-refractivity contribution is -0.141. The van der Waals surface area contributed by atoms with Crippen molar-refractivity contribution in [3.63, 3.8) is 0 Å². The first-order chi connectivity index (χ1) is 8.33. The molecule has 0 amide bonds. The van der Waals surface area contributed by atoms with E-state index >= 15 is 0 Å². The number of allylic oxidation sites excluding steroid dienone is 2. The van der Waals surface area contributed by atoms with Gasteiger partial charge in [-0.2, -0.15) is 0 Å². The Morgan fingerprint density at radius 3 is 2.65 bits per heavy atom. The lowest BCUT2D eigenvalue weighted by atomic mass is 10.1. The van der Waals surface area contributed by atoms with E-state index in [9.17, 15) is 4.79 Å². The number of carbonyl (C=O) groups excluding carboxylic acids is 1. The van der Waals surface area contributed by atoms with Gasteiger partial charge in [-0.3, -0.25) is 4.79 Å². The molecule has 98 valence electrons. The third kappa shape index (κ3) is 7.19. The Hall–Kier alpha value is -0.790. The second-order valence-electron chi connectivity index (χ2n) is 4.88. The summed E-state index contributed by atoms with van der Waals surface area (Å²) in [7, 11) is 0. The predicted molar refractivity (Wildman–Crippen MR) is 70.9 cm³/mol. The van der Waals surface area contributed by atoms with Crippen molar-refractivity contribution in [1.29, 1.82) is 0 Å². The summed E-state index contributed by atoms with van der Waals surface area (Å²) in [5, 5.41) is 0. The third-order valence-corrected chi connectivity index (χ3v) is 3.27. The van der Waals surface area contributed by atoms with Gasteiger partial charge in [-0.25, -0.2) is 0 Å². The van der Waals surface area contributed by atoms with Crippen LogP contribution >= 0.6 is 0 Å². The van der Waals surface area contributed by atoms with Crippen LogP contribution in [-0.4, -0.2) is 12.1 Å². The van der Waals surface area contributed by atoms with Crippen molar-refractivity contribution in [3.8, 4) is 0 Å². The Bertz CT molecular complexity index is 233. The largest absolute Gasteiger partial charge is 0.462 e. The van der Waals surface area contributed by atoms with Crippen LogP contribution < -0.4 is 0 Å². The van der Waals surface area contributed by atoms with Crippen LogP contribution in [0.5, 0.6) is 0 Å². The molecule has 2 heteroatoms. The maximum atomic E-state index is 10.9. The summed E-state index contributed by atoms with van der Waals surface area (Å²) < 4.78 is 5.19. The lowest BCUT2D eigenvalue weighted by Gasteiger charge is -2.08. The topological polar surface area (TPSA) is 26.3 Å². The van der Waals surface area contributed by atoms with Gasteiger partial charge in [0.1, 0.15) is 6.10 Å². The monoisotopic (exact) mass is 238 g/mol. The molecule has 1 atom stereocenters. The second-order valence-corrected chi connectivity index (χ2v) is 4.88. The standard InChI is InChI=1S/C15H26O2/c1-2-3-4-5-6-7-8-9-10-11-14-12-13-15(16)17-14/h3-4,14H,2,5-13H2,1H3/b4-3+. The van der Waals surface area contributed by atoms with Crippen LogP contribution in [0.1, 0.15) is 71.1 Å². The zero-order valence-electron chi connectivity index (χ0n) is 11.1. The molecule has 0 bridgehead atoms. The molecule has 17 heavy (non-hydrogen) atoms. The molecule has 0 aromatic heterocycles. The maximum absolute atomic E-state index is 10.9. The lowest BCUT2D eigenvalue weighted by Crippen LogP contribution is -2.06. The van der Waals surface area contributed by atoms with Crippen molar-refractivity contribution >= 4 is 5.97 Å². The number of cyclic esters (lactones) is 1. The summed E-state index contributed by atoms with van der Waals surface area (Å²) in [5.41, 5.74) is 0. The normalized spacial score (nSPS) is 20.1. The molecule has 1 heterocycles. The molecule has 1 aliphatic rings. The van der Waals surface area contributed by atoms with Crippen LogP contribution in [0.4, 0.5) is 0 Å². The van der Waals surface area contributed by atoms with Gasteiger partial charge in [-0.05, 0) is 38.5 Å². The highest BCUT2D eigenvalue weighted by Gasteiger charge is 2.22. The van der Waals surface area contributed by atoms with Gasteiger partial charge in [-0.15, -0.1) is 0 Å². The number of hydrogen-bond acceptors (Lipinski definition) is 2. The van der Waals surface area contributed by atoms with Crippen LogP contribution in [0.3, 0.4) is 0 Å². The van der Waals surface area contributed by atoms with Crippen molar-refractivity contribution in [2.75, 3.05) is 0 Å². The Morgan fingerprint density at radius 1 is 1.18 bits per heavy atom. The van der Waals surface area contributed by atoms with E-state index in [1.807, 2.05) is 0 Å². The first kappa shape index (κ1) is 14.3. The number of hydrogen-bond donors (Lipinski definition) is 0. The average Bonchev–Trinajstić information content (AvgIpc) is 2.73. The van der Waals surface area contributed by atoms with Gasteiger partial charge < -0.3 is 4.74 Å². The fraction of sp³-hybridized carbons (Fsp3) is 0.800. The van der Waals surface area contributed by atoms with Gasteiger partial charge in [0.05, 0.1) is 0 Å². The first-order valence-corrected chi connectivity index (χ1v) is 7.17. The number of carbonyl (C=O) groups is 1. The predicted octanol–water partition coefficient (Wildman–Crippen LogP) is 4.39. The van der Waals surface area contributed by atoms with Gasteiger partial charge in [0, 0.05) is 6.42 Å². The molecular weight excluding hydrogens is 212 g/mol. The van der Waals surface area contributed by atoms with E-state index in [4.69, 9.17) is 4.74 Å². The molecule has 0 radical (unpaired) electrons. The van der Waals surface area contributed by atoms with Gasteiger partial charge in [-0.1, -0.05) is 38.3 Å². The molecule has 1 fully saturated rings. The van der Waals surface area contributed by atoms with Gasteiger partial charge in [0.2, 0.25) is 0 Å². The summed E-state index contributed by atoms with van der Waals surface area (Å²) in [6, 6.07) is 0. The van der Waals surface area contributed by atoms with Crippen molar-refractivity contribution < 1.29 is 9.53 Å². The van der Waals surface area contributed by atoms with Crippen LogP contribution in [0.2, 0.25) is 0 Å². The highest BCUT2D eigenvalue weighted by molar-refractivity contribution is 5.71. The van der Waals surface area contributed by atoms with Gasteiger partial charge in [0.25, 0.3) is 0 Å². The molecule has 0 N–H and O–H groups in total. The Kier molecular flexibility index (Phi) is 7.78. The highest BCUT2D eigenvalue weighted by atomic mass is 16.5. The molecular formula is C15H26O2. The Labute approximate surface area is 105 Å². The highest BCUT2D eigenvalue weighted by Crippen LogP contribution is 2.19. The summed E-state index contributed by atoms with van der Waals surface area (Å²) in [6.45, 7) is 2.17. The number of esters is 1. The quantitative estimate of drug-likeness (QED) is 0.338. The molecule has 0 saturated carbocycles. The molecule has 1 saturated heterocycles. The van der Waals surface area contributed by atoms with Crippen molar-refractivity contribution in [3.05, 3.63) is 12.2 Å². The third-order valence-electron chi connectivity index (χ3n) is 3.27. The van der Waals surface area contributed by atoms with Gasteiger partial charge in [0.15, 0.2) is 0 Å². The van der Waals surface area contributed by atoms with Crippen LogP contribution in [0.25, 0.3) is 0 Å². The average molecular weight is 238 g/mol. The molecule has 1 rings (SSSR count). The number of rotatable bonds is 9. The molecule has 0 aliphatic carbocycles. The van der Waals surface area contributed by atoms with E-state index < -0.39 is 0 Å². The summed E-state index contributed by atoms with van der Waals surface area (Å²) in [6.07, 6.45) is 16.3. The van der Waals surface area contributed by atoms with E-state index in [-0.39, 0.29) is 12.1 Å². The molecule has 0 aromatic rings. The van der Waals surface area contributed by atoms with E-state index in [1.165, 1.54) is 38.5 Å². The van der Waals surface area contributed by atoms with E-state index in [1.54, 1.807) is 0 Å². The SMILES string of the molecule is CC/C=C/CCCCCCCC1CCC(=O)O1.